The first-order valence-corrected chi connectivity index (χ1v) is 9.94. The smallest absolute Gasteiger partial charge is 0.254 e. The molecule has 1 saturated carbocycles. The van der Waals surface area contributed by atoms with Gasteiger partial charge < -0.3 is 10.4 Å². The Morgan fingerprint density at radius 3 is 2.76 bits per heavy atom. The number of carbonyl (C=O) groups excluding carboxylic acids is 1. The van der Waals surface area contributed by atoms with Crippen LogP contribution in [0.1, 0.15) is 59.5 Å². The van der Waals surface area contributed by atoms with E-state index in [0.717, 1.165) is 30.5 Å². The Hall–Kier alpha value is -3.00. The second-order valence-corrected chi connectivity index (χ2v) is 7.82. The normalized spacial score (nSPS) is 16.2. The van der Waals surface area contributed by atoms with Gasteiger partial charge in [0.25, 0.3) is 5.91 Å². The minimum absolute atomic E-state index is 0.0851. The molecule has 0 spiro atoms. The fourth-order valence-corrected chi connectivity index (χ4v) is 3.55. The van der Waals surface area contributed by atoms with E-state index in [1.807, 2.05) is 44.3 Å². The molecule has 0 aliphatic heterocycles. The highest BCUT2D eigenvalue weighted by Gasteiger charge is 2.39. The van der Waals surface area contributed by atoms with E-state index in [-0.39, 0.29) is 11.9 Å². The Kier molecular flexibility index (Phi) is 5.19. The molecule has 1 aromatic carbocycles. The molecular formula is C21H26N6O2. The molecule has 4 rings (SSSR count). The summed E-state index contributed by atoms with van der Waals surface area (Å²) < 4.78 is 3.44. The van der Waals surface area contributed by atoms with E-state index in [4.69, 9.17) is 0 Å². The fraction of sp³-hybridized carbons (Fsp3) is 0.429. The largest absolute Gasteiger partial charge is 0.383 e. The van der Waals surface area contributed by atoms with Crippen molar-refractivity contribution in [3.8, 4) is 0 Å². The number of nitrogens with zero attached hydrogens (tertiary/aromatic N) is 5. The van der Waals surface area contributed by atoms with Crippen molar-refractivity contribution in [2.45, 2.75) is 44.2 Å². The van der Waals surface area contributed by atoms with Gasteiger partial charge in [-0.15, -0.1) is 5.10 Å². The monoisotopic (exact) mass is 394 g/mol. The predicted octanol–water partition coefficient (Wildman–Crippen LogP) is 1.96. The highest BCUT2D eigenvalue weighted by Crippen LogP contribution is 2.39. The summed E-state index contributed by atoms with van der Waals surface area (Å²) in [4.78, 5) is 12.8. The van der Waals surface area contributed by atoms with Crippen LogP contribution in [0.25, 0.3) is 0 Å². The second-order valence-electron chi connectivity index (χ2n) is 7.82. The molecule has 3 aromatic rings. The quantitative estimate of drug-likeness (QED) is 0.638. The Bertz CT molecular complexity index is 990. The molecule has 0 radical (unpaired) electrons. The lowest BCUT2D eigenvalue weighted by molar-refractivity contribution is -0.0427. The van der Waals surface area contributed by atoms with Crippen LogP contribution in [0.3, 0.4) is 0 Å². The molecule has 152 valence electrons. The third kappa shape index (κ3) is 3.93. The third-order valence-corrected chi connectivity index (χ3v) is 5.70. The zero-order valence-electron chi connectivity index (χ0n) is 16.7. The van der Waals surface area contributed by atoms with E-state index in [0.29, 0.717) is 24.2 Å². The molecule has 29 heavy (non-hydrogen) atoms. The van der Waals surface area contributed by atoms with Gasteiger partial charge in [-0.25, -0.2) is 4.68 Å². The maximum atomic E-state index is 12.8. The first kappa shape index (κ1) is 19.3. The van der Waals surface area contributed by atoms with Gasteiger partial charge in [-0.05, 0) is 31.7 Å². The lowest BCUT2D eigenvalue weighted by atomic mass is 9.78. The van der Waals surface area contributed by atoms with Gasteiger partial charge in [0.15, 0.2) is 0 Å². The van der Waals surface area contributed by atoms with Crippen molar-refractivity contribution < 1.29 is 9.90 Å². The first-order chi connectivity index (χ1) is 14.0. The summed E-state index contributed by atoms with van der Waals surface area (Å²) in [6.45, 7) is 2.36. The molecule has 1 aliphatic carbocycles. The van der Waals surface area contributed by atoms with E-state index >= 15 is 0 Å². The highest BCUT2D eigenvalue weighted by atomic mass is 16.3. The van der Waals surface area contributed by atoms with Gasteiger partial charge in [-0.3, -0.25) is 9.48 Å². The molecule has 1 atom stereocenters. The van der Waals surface area contributed by atoms with Gasteiger partial charge in [0.1, 0.15) is 11.3 Å². The third-order valence-electron chi connectivity index (χ3n) is 5.70. The lowest BCUT2D eigenvalue weighted by Crippen LogP contribution is -2.34. The summed E-state index contributed by atoms with van der Waals surface area (Å²) >= 11 is 0. The van der Waals surface area contributed by atoms with Crippen molar-refractivity contribution >= 4 is 5.91 Å². The Morgan fingerprint density at radius 1 is 1.31 bits per heavy atom. The van der Waals surface area contributed by atoms with Crippen LogP contribution in [0.4, 0.5) is 0 Å². The zero-order chi connectivity index (χ0) is 20.4. The van der Waals surface area contributed by atoms with Crippen LogP contribution < -0.4 is 5.32 Å². The van der Waals surface area contributed by atoms with Crippen molar-refractivity contribution in [1.82, 2.24) is 30.1 Å². The number of hydrogen-bond donors (Lipinski definition) is 2. The maximum Gasteiger partial charge on any atom is 0.254 e. The summed E-state index contributed by atoms with van der Waals surface area (Å²) in [7, 11) is 1.85. The Morgan fingerprint density at radius 2 is 2.07 bits per heavy atom. The number of carbonyl (C=O) groups is 1. The summed E-state index contributed by atoms with van der Waals surface area (Å²) in [5, 5.41) is 25.9. The predicted molar refractivity (Wildman–Crippen MR) is 107 cm³/mol. The molecule has 0 saturated heterocycles. The average molecular weight is 394 g/mol. The molecule has 1 unspecified atom stereocenters. The van der Waals surface area contributed by atoms with Crippen LogP contribution in [-0.2, 0) is 19.1 Å². The molecule has 1 fully saturated rings. The van der Waals surface area contributed by atoms with Gasteiger partial charge in [0, 0.05) is 20.0 Å². The van der Waals surface area contributed by atoms with E-state index in [1.165, 1.54) is 0 Å². The van der Waals surface area contributed by atoms with Crippen LogP contribution in [0.5, 0.6) is 0 Å². The summed E-state index contributed by atoms with van der Waals surface area (Å²) in [6.07, 6.45) is 6.48. The lowest BCUT2D eigenvalue weighted by Gasteiger charge is -2.34. The SMILES string of the molecule is CC(CNC(=O)c1cnn(C)c1Cc1ccccc1)n1cc(C2(O)CCC2)nn1. The van der Waals surface area contributed by atoms with Crippen LogP contribution >= 0.6 is 0 Å². The van der Waals surface area contributed by atoms with Gasteiger partial charge in [0.2, 0.25) is 0 Å². The molecule has 1 aliphatic rings. The molecule has 8 nitrogen and oxygen atoms in total. The number of hydrogen-bond acceptors (Lipinski definition) is 5. The van der Waals surface area contributed by atoms with Crippen LogP contribution in [0, 0.1) is 0 Å². The molecule has 0 bridgehead atoms. The van der Waals surface area contributed by atoms with Gasteiger partial charge >= 0.3 is 0 Å². The van der Waals surface area contributed by atoms with Crippen molar-refractivity contribution in [2.24, 2.45) is 7.05 Å². The number of aliphatic hydroxyl groups is 1. The van der Waals surface area contributed by atoms with Crippen molar-refractivity contribution in [3.63, 3.8) is 0 Å². The number of aryl methyl sites for hydroxylation is 1. The maximum absolute atomic E-state index is 12.8. The van der Waals surface area contributed by atoms with Crippen molar-refractivity contribution in [2.75, 3.05) is 6.54 Å². The van der Waals surface area contributed by atoms with E-state index in [1.54, 1.807) is 21.8 Å². The molecular weight excluding hydrogens is 368 g/mol. The molecule has 2 N–H and O–H groups in total. The van der Waals surface area contributed by atoms with Gasteiger partial charge in [-0.1, -0.05) is 35.5 Å². The number of rotatable bonds is 7. The number of nitrogens with one attached hydrogen (secondary N) is 1. The fourth-order valence-electron chi connectivity index (χ4n) is 3.55. The molecule has 8 heteroatoms. The van der Waals surface area contributed by atoms with Crippen LogP contribution in [-0.4, -0.2) is 42.3 Å². The topological polar surface area (TPSA) is 97.9 Å². The minimum atomic E-state index is -0.830. The van der Waals surface area contributed by atoms with Gasteiger partial charge in [-0.2, -0.15) is 5.10 Å². The number of benzene rings is 1. The van der Waals surface area contributed by atoms with Crippen molar-refractivity contribution in [3.05, 3.63) is 65.2 Å². The summed E-state index contributed by atoms with van der Waals surface area (Å²) in [5.41, 5.74) is 2.36. The van der Waals surface area contributed by atoms with E-state index in [2.05, 4.69) is 20.7 Å². The second kappa shape index (κ2) is 7.79. The molecule has 1 amide bonds. The number of aromatic nitrogens is 5. The average Bonchev–Trinajstić information content (AvgIpc) is 3.33. The van der Waals surface area contributed by atoms with Crippen LogP contribution in [0.15, 0.2) is 42.7 Å². The standard InChI is InChI=1S/C21H26N6O2/c1-15(27-14-19(24-25-27)21(29)9-6-10-21)12-22-20(28)17-13-23-26(2)18(17)11-16-7-4-3-5-8-16/h3-5,7-8,13-15,29H,6,9-12H2,1-2H3,(H,22,28). The minimum Gasteiger partial charge on any atom is -0.383 e. The van der Waals surface area contributed by atoms with E-state index in [9.17, 15) is 9.90 Å². The van der Waals surface area contributed by atoms with Gasteiger partial charge in [0.05, 0.1) is 29.7 Å². The Labute approximate surface area is 169 Å². The Balaban J connectivity index is 1.40. The zero-order valence-corrected chi connectivity index (χ0v) is 16.7. The summed E-state index contributed by atoms with van der Waals surface area (Å²) in [6, 6.07) is 9.93. The molecule has 2 heterocycles. The van der Waals surface area contributed by atoms with Crippen molar-refractivity contribution in [1.29, 1.82) is 0 Å². The number of amides is 1. The summed E-state index contributed by atoms with van der Waals surface area (Å²) in [5.74, 6) is -0.158. The molecule has 2 aromatic heterocycles. The first-order valence-electron chi connectivity index (χ1n) is 9.94. The highest BCUT2D eigenvalue weighted by molar-refractivity contribution is 5.95. The van der Waals surface area contributed by atoms with Crippen LogP contribution in [0.2, 0.25) is 0 Å². The van der Waals surface area contributed by atoms with E-state index < -0.39 is 5.60 Å².